The lowest BCUT2D eigenvalue weighted by atomic mass is 10.1. The topological polar surface area (TPSA) is 60.4 Å². The summed E-state index contributed by atoms with van der Waals surface area (Å²) in [6.07, 6.45) is 3.53. The van der Waals surface area contributed by atoms with E-state index in [-0.39, 0.29) is 34.9 Å². The Bertz CT molecular complexity index is 890. The number of aromatic nitrogens is 1. The summed E-state index contributed by atoms with van der Waals surface area (Å²) in [4.78, 5) is 24.4. The minimum atomic E-state index is -0.654. The number of rotatable bonds is 4. The fourth-order valence-electron chi connectivity index (χ4n) is 2.26. The number of methoxy groups -OCH3 is 1. The van der Waals surface area contributed by atoms with Gasteiger partial charge in [0.2, 0.25) is 12.3 Å². The highest BCUT2D eigenvalue weighted by Crippen LogP contribution is 2.24. The van der Waals surface area contributed by atoms with E-state index in [1.807, 2.05) is 18.2 Å². The van der Waals surface area contributed by atoms with Gasteiger partial charge in [-0.2, -0.15) is 4.57 Å². The van der Waals surface area contributed by atoms with Gasteiger partial charge in [-0.15, -0.1) is 0 Å². The third-order valence-corrected chi connectivity index (χ3v) is 3.35. The number of nitrogens with zero attached hydrogens (tertiary/aromatic N) is 1. The number of Topliss-reactive ketones (excluding diaryl/α,β-unsaturated/α-hetero) is 1. The highest BCUT2D eigenvalue weighted by atomic mass is 79.9. The van der Waals surface area contributed by atoms with Gasteiger partial charge in [-0.1, -0.05) is 18.2 Å². The number of fused-ring (bicyclic) bond motifs is 1. The van der Waals surface area contributed by atoms with Crippen LogP contribution < -0.4 is 31.9 Å². The molecule has 6 heteroatoms. The maximum Gasteiger partial charge on any atom is 0.347 e. The summed E-state index contributed by atoms with van der Waals surface area (Å²) in [6.45, 7) is 0.0844. The van der Waals surface area contributed by atoms with Crippen molar-refractivity contribution in [3.05, 3.63) is 70.8 Å². The molecule has 0 saturated heterocycles. The van der Waals surface area contributed by atoms with Crippen LogP contribution >= 0.6 is 0 Å². The van der Waals surface area contributed by atoms with E-state index in [1.54, 1.807) is 41.2 Å². The normalized spacial score (nSPS) is 10.1. The number of pyridine rings is 1. The van der Waals surface area contributed by atoms with Crippen LogP contribution in [0.25, 0.3) is 11.0 Å². The van der Waals surface area contributed by atoms with Crippen molar-refractivity contribution in [2.24, 2.45) is 0 Å². The van der Waals surface area contributed by atoms with E-state index in [9.17, 15) is 9.59 Å². The minimum absolute atomic E-state index is 0. The zero-order valence-electron chi connectivity index (χ0n) is 12.4. The maximum atomic E-state index is 12.3. The first-order valence-electron chi connectivity index (χ1n) is 6.77. The monoisotopic (exact) mass is 375 g/mol. The molecule has 2 heterocycles. The van der Waals surface area contributed by atoms with Crippen molar-refractivity contribution in [1.82, 2.24) is 0 Å². The van der Waals surface area contributed by atoms with E-state index >= 15 is 0 Å². The lowest BCUT2D eigenvalue weighted by Gasteiger charge is -2.04. The van der Waals surface area contributed by atoms with Crippen LogP contribution in [0.1, 0.15) is 10.4 Å². The van der Waals surface area contributed by atoms with Crippen LogP contribution in [0.15, 0.2) is 64.1 Å². The molecular formula is C17H14BrNO4. The van der Waals surface area contributed by atoms with Crippen LogP contribution in [-0.4, -0.2) is 12.9 Å². The molecule has 0 aliphatic carbocycles. The number of halogens is 1. The van der Waals surface area contributed by atoms with Gasteiger partial charge in [0.05, 0.1) is 7.11 Å². The molecule has 2 aromatic heterocycles. The SMILES string of the molecule is COc1cccc2cc(C(=O)C[n+]3ccccc3)c(=O)oc12.[Br-]. The molecule has 0 aliphatic rings. The van der Waals surface area contributed by atoms with Crippen LogP contribution in [0.5, 0.6) is 5.75 Å². The number of ether oxygens (including phenoxy) is 1. The molecule has 3 rings (SSSR count). The fourth-order valence-corrected chi connectivity index (χ4v) is 2.26. The molecule has 1 aromatic carbocycles. The zero-order chi connectivity index (χ0) is 15.5. The van der Waals surface area contributed by atoms with Gasteiger partial charge in [0, 0.05) is 17.5 Å². The highest BCUT2D eigenvalue weighted by molar-refractivity contribution is 5.98. The summed E-state index contributed by atoms with van der Waals surface area (Å²) in [5, 5.41) is 0.653. The van der Waals surface area contributed by atoms with E-state index in [0.29, 0.717) is 16.7 Å². The lowest BCUT2D eigenvalue weighted by molar-refractivity contribution is -0.683. The Labute approximate surface area is 142 Å². The van der Waals surface area contributed by atoms with Gasteiger partial charge in [0.15, 0.2) is 23.7 Å². The molecule has 0 atom stereocenters. The standard InChI is InChI=1S/C17H14NO4.BrH/c1-21-15-7-5-6-12-10-13(17(20)22-16(12)15)14(19)11-18-8-3-2-4-9-18;/h2-10H,11H2,1H3;1H/q+1;/p-1. The quantitative estimate of drug-likeness (QED) is 0.332. The molecule has 23 heavy (non-hydrogen) atoms. The largest absolute Gasteiger partial charge is 1.00 e. The van der Waals surface area contributed by atoms with E-state index in [0.717, 1.165) is 0 Å². The third kappa shape index (κ3) is 3.48. The summed E-state index contributed by atoms with van der Waals surface area (Å²) >= 11 is 0. The van der Waals surface area contributed by atoms with Crippen LogP contribution in [0.4, 0.5) is 0 Å². The van der Waals surface area contributed by atoms with Gasteiger partial charge in [-0.3, -0.25) is 4.79 Å². The zero-order valence-corrected chi connectivity index (χ0v) is 13.9. The summed E-state index contributed by atoms with van der Waals surface area (Å²) in [7, 11) is 1.50. The van der Waals surface area contributed by atoms with Crippen LogP contribution in [-0.2, 0) is 6.54 Å². The second-order valence-electron chi connectivity index (χ2n) is 4.80. The van der Waals surface area contributed by atoms with Crippen molar-refractivity contribution in [2.45, 2.75) is 6.54 Å². The van der Waals surface area contributed by atoms with Crippen LogP contribution in [0, 0.1) is 0 Å². The van der Waals surface area contributed by atoms with Gasteiger partial charge in [0.1, 0.15) is 5.56 Å². The molecule has 3 aromatic rings. The van der Waals surface area contributed by atoms with E-state index in [2.05, 4.69) is 0 Å². The van der Waals surface area contributed by atoms with E-state index in [1.165, 1.54) is 7.11 Å². The Morgan fingerprint density at radius 2 is 1.91 bits per heavy atom. The average molecular weight is 376 g/mol. The van der Waals surface area contributed by atoms with Crippen molar-refractivity contribution in [3.63, 3.8) is 0 Å². The summed E-state index contributed by atoms with van der Waals surface area (Å²) < 4.78 is 12.1. The van der Waals surface area contributed by atoms with Gasteiger partial charge in [0.25, 0.3) is 0 Å². The lowest BCUT2D eigenvalue weighted by Crippen LogP contribution is -3.00. The number of carbonyl (C=O) groups excluding carboxylic acids is 1. The minimum Gasteiger partial charge on any atom is -1.00 e. The molecule has 0 aliphatic heterocycles. The smallest absolute Gasteiger partial charge is 0.347 e. The van der Waals surface area contributed by atoms with Crippen molar-refractivity contribution < 1.29 is 35.5 Å². The number of benzene rings is 1. The number of para-hydroxylation sites is 1. The number of ketones is 1. The van der Waals surface area contributed by atoms with Gasteiger partial charge < -0.3 is 26.1 Å². The Balaban J connectivity index is 0.00000192. The molecule has 118 valence electrons. The van der Waals surface area contributed by atoms with Gasteiger partial charge in [-0.05, 0) is 12.1 Å². The first kappa shape index (κ1) is 16.9. The van der Waals surface area contributed by atoms with Crippen molar-refractivity contribution >= 4 is 16.8 Å². The Hall–Kier alpha value is -2.47. The van der Waals surface area contributed by atoms with Crippen LogP contribution in [0.3, 0.4) is 0 Å². The molecule has 0 fully saturated rings. The predicted molar refractivity (Wildman–Crippen MR) is 80.0 cm³/mol. The van der Waals surface area contributed by atoms with Crippen molar-refractivity contribution in [2.75, 3.05) is 7.11 Å². The first-order valence-corrected chi connectivity index (χ1v) is 6.77. The molecule has 0 amide bonds. The Morgan fingerprint density at radius 1 is 1.17 bits per heavy atom. The summed E-state index contributed by atoms with van der Waals surface area (Å²) in [5.74, 6) is 0.167. The van der Waals surface area contributed by atoms with E-state index < -0.39 is 5.63 Å². The van der Waals surface area contributed by atoms with Gasteiger partial charge in [-0.25, -0.2) is 4.79 Å². The Kier molecular flexibility index (Phi) is 5.28. The Morgan fingerprint density at radius 3 is 2.61 bits per heavy atom. The molecule has 0 bridgehead atoms. The number of hydrogen-bond donors (Lipinski definition) is 0. The number of hydrogen-bond acceptors (Lipinski definition) is 4. The second kappa shape index (κ2) is 7.19. The molecule has 0 saturated carbocycles. The van der Waals surface area contributed by atoms with Crippen LogP contribution in [0.2, 0.25) is 0 Å². The third-order valence-electron chi connectivity index (χ3n) is 3.35. The van der Waals surface area contributed by atoms with E-state index in [4.69, 9.17) is 9.15 Å². The molecule has 5 nitrogen and oxygen atoms in total. The summed E-state index contributed by atoms with van der Waals surface area (Å²) in [5.41, 5.74) is -0.269. The first-order chi connectivity index (χ1) is 10.7. The number of carbonyl (C=O) groups is 1. The fraction of sp³-hybridized carbons (Fsp3) is 0.118. The molecule has 0 spiro atoms. The molecule has 0 radical (unpaired) electrons. The predicted octanol–water partition coefficient (Wildman–Crippen LogP) is -1.02. The van der Waals surface area contributed by atoms with Gasteiger partial charge >= 0.3 is 5.63 Å². The molecule has 0 N–H and O–H groups in total. The highest BCUT2D eigenvalue weighted by Gasteiger charge is 2.18. The molecular weight excluding hydrogens is 362 g/mol. The second-order valence-corrected chi connectivity index (χ2v) is 4.80. The summed E-state index contributed by atoms with van der Waals surface area (Å²) in [6, 6.07) is 12.3. The van der Waals surface area contributed by atoms with Crippen molar-refractivity contribution in [3.8, 4) is 5.75 Å². The van der Waals surface area contributed by atoms with Crippen molar-refractivity contribution in [1.29, 1.82) is 0 Å². The molecule has 0 unspecified atom stereocenters. The average Bonchev–Trinajstić information content (AvgIpc) is 2.54. The maximum absolute atomic E-state index is 12.3.